The second-order valence-electron chi connectivity index (χ2n) is 12.0. The summed E-state index contributed by atoms with van der Waals surface area (Å²) in [5, 5.41) is 7.58. The van der Waals surface area contributed by atoms with Crippen molar-refractivity contribution in [2.75, 3.05) is 26.9 Å². The molecule has 1 saturated carbocycles. The standard InChI is InChI=1S/C26H40F2N4O7/c1-25(2,3)20(31-24(37)38-5)23(36)32-11-14(15-12-39-13-15)10-18(32)21(34)30-17(8-9-26(4,27)28)19(33)22(35)29-16-6-7-16/h14-18,20H,6-13H2,1-5H3,(H,29,35)(H,30,34)(H,31,37)/t14?,17-,18-,20+/m0/s1. The van der Waals surface area contributed by atoms with Crippen molar-refractivity contribution in [2.24, 2.45) is 17.3 Å². The average Bonchev–Trinajstić information content (AvgIpc) is 3.51. The minimum Gasteiger partial charge on any atom is -0.453 e. The van der Waals surface area contributed by atoms with Crippen molar-refractivity contribution in [1.29, 1.82) is 0 Å². The number of hydrogen-bond donors (Lipinski definition) is 3. The Bertz CT molecular complexity index is 957. The summed E-state index contributed by atoms with van der Waals surface area (Å²) in [5.74, 6) is -6.22. The van der Waals surface area contributed by atoms with Gasteiger partial charge in [-0.05, 0) is 43.9 Å². The van der Waals surface area contributed by atoms with Crippen molar-refractivity contribution in [3.05, 3.63) is 0 Å². The van der Waals surface area contributed by atoms with E-state index in [1.807, 2.05) is 0 Å². The molecule has 0 aromatic rings. The Kier molecular flexibility index (Phi) is 9.56. The van der Waals surface area contributed by atoms with Gasteiger partial charge < -0.3 is 30.3 Å². The van der Waals surface area contributed by atoms with Gasteiger partial charge >= 0.3 is 6.09 Å². The second kappa shape index (κ2) is 12.1. The van der Waals surface area contributed by atoms with Crippen LogP contribution in [0.3, 0.4) is 0 Å². The summed E-state index contributed by atoms with van der Waals surface area (Å²) in [6.45, 7) is 7.15. The lowest BCUT2D eigenvalue weighted by Crippen LogP contribution is -2.59. The molecule has 11 nitrogen and oxygen atoms in total. The Hall–Kier alpha value is -2.83. The van der Waals surface area contributed by atoms with Crippen LogP contribution in [-0.2, 0) is 28.7 Å². The smallest absolute Gasteiger partial charge is 0.407 e. The second-order valence-corrected chi connectivity index (χ2v) is 12.0. The van der Waals surface area contributed by atoms with Crippen LogP contribution in [0.1, 0.15) is 59.8 Å². The van der Waals surface area contributed by atoms with E-state index in [0.717, 1.165) is 12.8 Å². The number of alkyl carbamates (subject to hydrolysis) is 1. The Morgan fingerprint density at radius 3 is 2.15 bits per heavy atom. The van der Waals surface area contributed by atoms with E-state index in [1.54, 1.807) is 20.8 Å². The monoisotopic (exact) mass is 558 g/mol. The first-order chi connectivity index (χ1) is 18.1. The number of methoxy groups -OCH3 is 1. The largest absolute Gasteiger partial charge is 0.453 e. The molecule has 3 N–H and O–H groups in total. The first-order valence-corrected chi connectivity index (χ1v) is 13.4. The minimum atomic E-state index is -3.11. The molecule has 2 aliphatic heterocycles. The van der Waals surface area contributed by atoms with E-state index in [9.17, 15) is 32.8 Å². The molecule has 3 rings (SSSR count). The van der Waals surface area contributed by atoms with Gasteiger partial charge in [0.05, 0.1) is 26.4 Å². The van der Waals surface area contributed by atoms with Crippen LogP contribution >= 0.6 is 0 Å². The van der Waals surface area contributed by atoms with Crippen molar-refractivity contribution < 1.29 is 42.2 Å². The van der Waals surface area contributed by atoms with Crippen LogP contribution in [0.2, 0.25) is 0 Å². The molecule has 2 heterocycles. The van der Waals surface area contributed by atoms with Gasteiger partial charge in [0, 0.05) is 24.9 Å². The summed E-state index contributed by atoms with van der Waals surface area (Å²) in [6, 6.07) is -3.67. The number of hydrogen-bond acceptors (Lipinski definition) is 7. The van der Waals surface area contributed by atoms with Gasteiger partial charge in [-0.3, -0.25) is 19.2 Å². The highest BCUT2D eigenvalue weighted by atomic mass is 19.3. The fraction of sp³-hybridized carbons (Fsp3) is 0.808. The molecule has 0 bridgehead atoms. The number of nitrogens with one attached hydrogen (secondary N) is 3. The highest BCUT2D eigenvalue weighted by Gasteiger charge is 2.48. The lowest BCUT2D eigenvalue weighted by molar-refractivity contribution is -0.144. The molecule has 1 unspecified atom stereocenters. The van der Waals surface area contributed by atoms with Crippen LogP contribution in [0, 0.1) is 17.3 Å². The van der Waals surface area contributed by atoms with Gasteiger partial charge in [-0.2, -0.15) is 0 Å². The number of nitrogens with zero attached hydrogens (tertiary/aromatic N) is 1. The summed E-state index contributed by atoms with van der Waals surface area (Å²) < 4.78 is 37.3. The zero-order valence-corrected chi connectivity index (χ0v) is 23.2. The molecule has 39 heavy (non-hydrogen) atoms. The minimum absolute atomic E-state index is 0.0792. The van der Waals surface area contributed by atoms with Gasteiger partial charge in [-0.1, -0.05) is 20.8 Å². The molecule has 3 aliphatic rings. The van der Waals surface area contributed by atoms with Crippen LogP contribution in [-0.4, -0.2) is 91.5 Å². The van der Waals surface area contributed by atoms with Crippen molar-refractivity contribution in [1.82, 2.24) is 20.9 Å². The third-order valence-electron chi connectivity index (χ3n) is 7.45. The number of likely N-dealkylation sites (tertiary alicyclic amines) is 1. The lowest BCUT2D eigenvalue weighted by atomic mass is 9.85. The maximum absolute atomic E-state index is 13.8. The van der Waals surface area contributed by atoms with E-state index >= 15 is 0 Å². The highest BCUT2D eigenvalue weighted by molar-refractivity contribution is 6.38. The molecule has 3 fully saturated rings. The van der Waals surface area contributed by atoms with Crippen molar-refractivity contribution in [3.63, 3.8) is 0 Å². The Morgan fingerprint density at radius 2 is 1.67 bits per heavy atom. The zero-order chi connectivity index (χ0) is 29.1. The molecule has 0 aromatic carbocycles. The fourth-order valence-corrected chi connectivity index (χ4v) is 4.80. The maximum Gasteiger partial charge on any atom is 0.407 e. The summed E-state index contributed by atoms with van der Waals surface area (Å²) >= 11 is 0. The number of carbonyl (C=O) groups is 5. The summed E-state index contributed by atoms with van der Waals surface area (Å²) in [4.78, 5) is 66.0. The molecular formula is C26H40F2N4O7. The normalized spacial score (nSPS) is 23.3. The van der Waals surface area contributed by atoms with Crippen molar-refractivity contribution in [2.45, 2.75) is 89.9 Å². The van der Waals surface area contributed by atoms with Crippen LogP contribution in [0.25, 0.3) is 0 Å². The van der Waals surface area contributed by atoms with E-state index in [-0.39, 0.29) is 30.8 Å². The predicted molar refractivity (Wildman–Crippen MR) is 135 cm³/mol. The van der Waals surface area contributed by atoms with E-state index in [4.69, 9.17) is 4.74 Å². The fourth-order valence-electron chi connectivity index (χ4n) is 4.80. The Morgan fingerprint density at radius 1 is 1.03 bits per heavy atom. The number of ketones is 1. The van der Waals surface area contributed by atoms with Crippen LogP contribution in [0.4, 0.5) is 13.6 Å². The third kappa shape index (κ3) is 8.33. The first-order valence-electron chi connectivity index (χ1n) is 13.4. The topological polar surface area (TPSA) is 143 Å². The van der Waals surface area contributed by atoms with E-state index < -0.39 is 71.9 Å². The molecular weight excluding hydrogens is 518 g/mol. The van der Waals surface area contributed by atoms with E-state index in [2.05, 4.69) is 20.7 Å². The number of rotatable bonds is 11. The Labute approximate surface area is 227 Å². The van der Waals surface area contributed by atoms with Crippen molar-refractivity contribution >= 4 is 29.6 Å². The third-order valence-corrected chi connectivity index (χ3v) is 7.45. The summed E-state index contributed by atoms with van der Waals surface area (Å²) in [5.41, 5.74) is -0.740. The number of Topliss-reactive ketones (excluding diaryl/α,β-unsaturated/α-hetero) is 1. The SMILES string of the molecule is COC(=O)N[C@H](C(=O)N1CC(C2COC2)C[C@H]1C(=O)N[C@@H](CCC(C)(F)F)C(=O)C(=O)NC1CC1)C(C)(C)C. The van der Waals surface area contributed by atoms with Crippen molar-refractivity contribution in [3.8, 4) is 0 Å². The summed E-state index contributed by atoms with van der Waals surface area (Å²) in [6.07, 6.45) is -0.252. The average molecular weight is 559 g/mol. The van der Waals surface area contributed by atoms with Gasteiger partial charge in [-0.25, -0.2) is 13.6 Å². The lowest BCUT2D eigenvalue weighted by Gasteiger charge is -2.35. The van der Waals surface area contributed by atoms with Crippen LogP contribution in [0.15, 0.2) is 0 Å². The molecule has 0 spiro atoms. The number of amides is 4. The van der Waals surface area contributed by atoms with Gasteiger partial charge in [0.2, 0.25) is 23.5 Å². The molecule has 0 radical (unpaired) electrons. The summed E-state index contributed by atoms with van der Waals surface area (Å²) in [7, 11) is 1.18. The number of carbonyl (C=O) groups excluding carboxylic acids is 5. The highest BCUT2D eigenvalue weighted by Crippen LogP contribution is 2.35. The van der Waals surface area contributed by atoms with Gasteiger partial charge in [-0.15, -0.1) is 0 Å². The zero-order valence-electron chi connectivity index (χ0n) is 23.2. The maximum atomic E-state index is 13.8. The van der Waals surface area contributed by atoms with E-state index in [1.165, 1.54) is 12.0 Å². The Balaban J connectivity index is 1.82. The van der Waals surface area contributed by atoms with E-state index in [0.29, 0.717) is 20.1 Å². The predicted octanol–water partition coefficient (Wildman–Crippen LogP) is 1.39. The van der Waals surface area contributed by atoms with Crippen LogP contribution in [0.5, 0.6) is 0 Å². The molecule has 0 aromatic heterocycles. The van der Waals surface area contributed by atoms with Gasteiger partial charge in [0.1, 0.15) is 12.1 Å². The molecule has 13 heteroatoms. The first kappa shape index (κ1) is 30.7. The molecule has 1 aliphatic carbocycles. The molecule has 4 amide bonds. The molecule has 220 valence electrons. The van der Waals surface area contributed by atoms with Gasteiger partial charge in [0.25, 0.3) is 5.91 Å². The number of alkyl halides is 2. The molecule has 2 saturated heterocycles. The van der Waals surface area contributed by atoms with Crippen LogP contribution < -0.4 is 16.0 Å². The number of halogens is 2. The van der Waals surface area contributed by atoms with Gasteiger partial charge in [0.15, 0.2) is 0 Å². The number of ether oxygens (including phenoxy) is 2. The molecule has 4 atom stereocenters. The quantitative estimate of drug-likeness (QED) is 0.325.